The van der Waals surface area contributed by atoms with Gasteiger partial charge in [0, 0.05) is 17.4 Å². The number of aliphatic hydroxyl groups excluding tert-OH is 2. The molecule has 0 aromatic carbocycles. The van der Waals surface area contributed by atoms with Crippen LogP contribution < -0.4 is 0 Å². The molecule has 0 aromatic heterocycles. The topological polar surface area (TPSA) is 66.8 Å². The Morgan fingerprint density at radius 2 is 1.94 bits per heavy atom. The summed E-state index contributed by atoms with van der Waals surface area (Å²) in [5.74, 6) is -0.582. The Morgan fingerprint density at radius 1 is 1.22 bits per heavy atom. The van der Waals surface area contributed by atoms with Gasteiger partial charge in [-0.2, -0.15) is 0 Å². The highest BCUT2D eigenvalue weighted by molar-refractivity contribution is 5.90. The lowest BCUT2D eigenvalue weighted by molar-refractivity contribution is -0.144. The van der Waals surface area contributed by atoms with E-state index in [1.165, 1.54) is 0 Å². The Bertz CT molecular complexity index is 428. The molecule has 3 rings (SSSR count). The van der Waals surface area contributed by atoms with Gasteiger partial charge in [0.25, 0.3) is 0 Å². The van der Waals surface area contributed by atoms with Crippen molar-refractivity contribution in [2.75, 3.05) is 0 Å². The number of hydrogen-bond donors (Lipinski definition) is 2. The van der Waals surface area contributed by atoms with E-state index in [9.17, 15) is 15.0 Å². The van der Waals surface area contributed by atoms with Crippen LogP contribution in [-0.2, 0) is 9.53 Å². The minimum atomic E-state index is -0.837. The van der Waals surface area contributed by atoms with Gasteiger partial charge in [-0.15, -0.1) is 0 Å². The Balaban J connectivity index is 1.98. The van der Waals surface area contributed by atoms with Crippen molar-refractivity contribution in [1.29, 1.82) is 0 Å². The third kappa shape index (κ3) is 1.49. The molecule has 1 aliphatic heterocycles. The molecule has 18 heavy (non-hydrogen) atoms. The number of rotatable bonds is 0. The first kappa shape index (κ1) is 11.9. The van der Waals surface area contributed by atoms with Crippen LogP contribution in [0.4, 0.5) is 0 Å². The molecule has 0 aromatic rings. The second-order valence-electron chi connectivity index (χ2n) is 5.68. The zero-order valence-electron chi connectivity index (χ0n) is 10.2. The summed E-state index contributed by atoms with van der Waals surface area (Å²) in [7, 11) is 0. The third-order valence-electron chi connectivity index (χ3n) is 4.78. The molecule has 0 bridgehead atoms. The molecule has 1 heterocycles. The van der Waals surface area contributed by atoms with Crippen molar-refractivity contribution in [3.63, 3.8) is 0 Å². The summed E-state index contributed by atoms with van der Waals surface area (Å²) in [4.78, 5) is 11.6. The van der Waals surface area contributed by atoms with Gasteiger partial charge in [0.15, 0.2) is 0 Å². The van der Waals surface area contributed by atoms with Crippen LogP contribution in [0.2, 0.25) is 0 Å². The summed E-state index contributed by atoms with van der Waals surface area (Å²) >= 11 is 0. The molecule has 3 aliphatic rings. The molecule has 0 unspecified atom stereocenters. The smallest absolute Gasteiger partial charge is 0.334 e. The highest BCUT2D eigenvalue weighted by Gasteiger charge is 2.55. The summed E-state index contributed by atoms with van der Waals surface area (Å²) < 4.78 is 5.39. The maximum absolute atomic E-state index is 11.6. The van der Waals surface area contributed by atoms with E-state index in [0.29, 0.717) is 12.0 Å². The zero-order valence-corrected chi connectivity index (χ0v) is 10.2. The van der Waals surface area contributed by atoms with Crippen molar-refractivity contribution < 1.29 is 19.7 Å². The third-order valence-corrected chi connectivity index (χ3v) is 4.78. The van der Waals surface area contributed by atoms with Crippen LogP contribution in [-0.4, -0.2) is 34.5 Å². The highest BCUT2D eigenvalue weighted by atomic mass is 16.6. The summed E-state index contributed by atoms with van der Waals surface area (Å²) in [6, 6.07) is 0. The fourth-order valence-corrected chi connectivity index (χ4v) is 3.76. The number of allylic oxidation sites excluding steroid dienone is 1. The standard InChI is InChI=1S/C14H18O4/c1-6-3-4-8-7(2)14(17)18-13(8)11-9(6)5-10(15)12(11)16/h8-13,15-16H,1-5H2/t8-,9-,10-,11+,12+,13-/m0/s1. The van der Waals surface area contributed by atoms with Gasteiger partial charge >= 0.3 is 5.97 Å². The minimum Gasteiger partial charge on any atom is -0.458 e. The summed E-state index contributed by atoms with van der Waals surface area (Å²) in [5.41, 5.74) is 1.55. The number of fused-ring (bicyclic) bond motifs is 3. The molecule has 4 nitrogen and oxygen atoms in total. The second-order valence-corrected chi connectivity index (χ2v) is 5.68. The van der Waals surface area contributed by atoms with Gasteiger partial charge in [-0.1, -0.05) is 18.7 Å². The molecule has 98 valence electrons. The molecule has 2 N–H and O–H groups in total. The Hall–Kier alpha value is -1.13. The van der Waals surface area contributed by atoms with E-state index in [1.54, 1.807) is 0 Å². The average molecular weight is 250 g/mol. The Morgan fingerprint density at radius 3 is 2.67 bits per heavy atom. The maximum Gasteiger partial charge on any atom is 0.334 e. The van der Waals surface area contributed by atoms with Crippen LogP contribution in [0.3, 0.4) is 0 Å². The predicted molar refractivity (Wildman–Crippen MR) is 64.5 cm³/mol. The lowest BCUT2D eigenvalue weighted by atomic mass is 9.82. The average Bonchev–Trinajstić information content (AvgIpc) is 2.72. The molecule has 0 radical (unpaired) electrons. The van der Waals surface area contributed by atoms with E-state index in [2.05, 4.69) is 13.2 Å². The molecular weight excluding hydrogens is 232 g/mol. The van der Waals surface area contributed by atoms with Crippen LogP contribution >= 0.6 is 0 Å². The number of carbonyl (C=O) groups excluding carboxylic acids is 1. The van der Waals surface area contributed by atoms with Crippen molar-refractivity contribution in [2.24, 2.45) is 17.8 Å². The predicted octanol–water partition coefficient (Wildman–Crippen LogP) is 0.792. The molecule has 0 amide bonds. The lowest BCUT2D eigenvalue weighted by Gasteiger charge is -2.27. The van der Waals surface area contributed by atoms with Gasteiger partial charge in [0.05, 0.1) is 12.2 Å². The zero-order chi connectivity index (χ0) is 13.0. The van der Waals surface area contributed by atoms with Gasteiger partial charge in [-0.05, 0) is 25.2 Å². The van der Waals surface area contributed by atoms with Crippen LogP contribution in [0.25, 0.3) is 0 Å². The Kier molecular flexibility index (Phi) is 2.61. The highest BCUT2D eigenvalue weighted by Crippen LogP contribution is 2.50. The van der Waals surface area contributed by atoms with E-state index in [0.717, 1.165) is 18.4 Å². The van der Waals surface area contributed by atoms with Crippen molar-refractivity contribution in [3.05, 3.63) is 24.3 Å². The van der Waals surface area contributed by atoms with Crippen molar-refractivity contribution >= 4 is 5.97 Å². The molecule has 6 atom stereocenters. The number of esters is 1. The van der Waals surface area contributed by atoms with Crippen LogP contribution in [0.5, 0.6) is 0 Å². The van der Waals surface area contributed by atoms with E-state index >= 15 is 0 Å². The van der Waals surface area contributed by atoms with Gasteiger partial charge in [-0.3, -0.25) is 0 Å². The van der Waals surface area contributed by atoms with Crippen molar-refractivity contribution in [2.45, 2.75) is 37.6 Å². The van der Waals surface area contributed by atoms with Crippen molar-refractivity contribution in [1.82, 2.24) is 0 Å². The molecule has 0 spiro atoms. The van der Waals surface area contributed by atoms with E-state index in [4.69, 9.17) is 4.74 Å². The van der Waals surface area contributed by atoms with Crippen molar-refractivity contribution in [3.8, 4) is 0 Å². The van der Waals surface area contributed by atoms with Gasteiger partial charge in [0.2, 0.25) is 0 Å². The normalized spacial score (nSPS) is 47.6. The van der Waals surface area contributed by atoms with E-state index in [1.807, 2.05) is 0 Å². The Labute approximate surface area is 106 Å². The molecule has 3 fully saturated rings. The number of aliphatic hydroxyl groups is 2. The summed E-state index contributed by atoms with van der Waals surface area (Å²) in [5, 5.41) is 20.0. The SMILES string of the molecule is C=C1C(=O)O[C@@H]2[C@H]3[C@H](O)[C@@H](O)C[C@H]3C(=C)CC[C@@H]12. The van der Waals surface area contributed by atoms with E-state index < -0.39 is 12.2 Å². The first-order valence-electron chi connectivity index (χ1n) is 6.44. The van der Waals surface area contributed by atoms with E-state index in [-0.39, 0.29) is 29.8 Å². The van der Waals surface area contributed by atoms with Gasteiger partial charge in [0.1, 0.15) is 6.10 Å². The minimum absolute atomic E-state index is 0.0378. The van der Waals surface area contributed by atoms with Crippen LogP contribution in [0.1, 0.15) is 19.3 Å². The summed E-state index contributed by atoms with van der Waals surface area (Å²) in [6.45, 7) is 7.86. The number of carbonyl (C=O) groups is 1. The number of ether oxygens (including phenoxy) is 1. The fourth-order valence-electron chi connectivity index (χ4n) is 3.76. The molecule has 4 heteroatoms. The van der Waals surface area contributed by atoms with Gasteiger partial charge in [-0.25, -0.2) is 4.79 Å². The molecule has 2 aliphatic carbocycles. The van der Waals surface area contributed by atoms with Gasteiger partial charge < -0.3 is 14.9 Å². The quantitative estimate of drug-likeness (QED) is 0.379. The second kappa shape index (κ2) is 3.93. The van der Waals surface area contributed by atoms with Crippen LogP contribution in [0, 0.1) is 17.8 Å². The monoisotopic (exact) mass is 250 g/mol. The molecule has 1 saturated heterocycles. The first-order valence-corrected chi connectivity index (χ1v) is 6.44. The fraction of sp³-hybridized carbons (Fsp3) is 0.643. The molecule has 2 saturated carbocycles. The largest absolute Gasteiger partial charge is 0.458 e. The maximum atomic E-state index is 11.6. The number of hydrogen-bond acceptors (Lipinski definition) is 4. The first-order chi connectivity index (χ1) is 8.50. The lowest BCUT2D eigenvalue weighted by Crippen LogP contribution is -2.37. The molecular formula is C14H18O4. The summed E-state index contributed by atoms with van der Waals surface area (Å²) in [6.07, 6.45) is 0.180. The van der Waals surface area contributed by atoms with Crippen LogP contribution in [0.15, 0.2) is 24.3 Å².